The molecular formula is C18H27N3O3S. The summed E-state index contributed by atoms with van der Waals surface area (Å²) in [6.07, 6.45) is 1.04. The van der Waals surface area contributed by atoms with Crippen LogP contribution in [0.3, 0.4) is 0 Å². The highest BCUT2D eigenvalue weighted by molar-refractivity contribution is 7.89. The van der Waals surface area contributed by atoms with Gasteiger partial charge in [0.1, 0.15) is 0 Å². The van der Waals surface area contributed by atoms with E-state index in [1.54, 1.807) is 6.92 Å². The third kappa shape index (κ3) is 3.73. The molecule has 2 aliphatic heterocycles. The van der Waals surface area contributed by atoms with Crippen molar-refractivity contribution in [3.63, 3.8) is 0 Å². The van der Waals surface area contributed by atoms with Crippen LogP contribution in [0.2, 0.25) is 0 Å². The molecule has 0 atom stereocenters. The first-order valence-corrected chi connectivity index (χ1v) is 10.6. The Labute approximate surface area is 150 Å². The highest BCUT2D eigenvalue weighted by atomic mass is 32.2. The highest BCUT2D eigenvalue weighted by Crippen LogP contribution is 2.36. The van der Waals surface area contributed by atoms with Gasteiger partial charge in [-0.25, -0.2) is 12.7 Å². The lowest BCUT2D eigenvalue weighted by Gasteiger charge is -2.41. The molecule has 25 heavy (non-hydrogen) atoms. The molecule has 2 fully saturated rings. The molecule has 0 bridgehead atoms. The van der Waals surface area contributed by atoms with Gasteiger partial charge in [0.2, 0.25) is 15.9 Å². The van der Waals surface area contributed by atoms with Gasteiger partial charge in [0.25, 0.3) is 0 Å². The number of amides is 1. The van der Waals surface area contributed by atoms with Gasteiger partial charge in [0.05, 0.1) is 11.2 Å². The van der Waals surface area contributed by atoms with Crippen molar-refractivity contribution >= 4 is 15.9 Å². The zero-order valence-electron chi connectivity index (χ0n) is 14.7. The van der Waals surface area contributed by atoms with Crippen LogP contribution in [0, 0.1) is 5.92 Å². The number of benzene rings is 1. The molecule has 0 radical (unpaired) electrons. The van der Waals surface area contributed by atoms with E-state index >= 15 is 0 Å². The highest BCUT2D eigenvalue weighted by Gasteiger charge is 2.44. The van der Waals surface area contributed by atoms with Crippen molar-refractivity contribution in [3.8, 4) is 0 Å². The van der Waals surface area contributed by atoms with Crippen molar-refractivity contribution in [3.05, 3.63) is 35.9 Å². The maximum atomic E-state index is 13.1. The molecule has 7 heteroatoms. The maximum absolute atomic E-state index is 13.1. The van der Waals surface area contributed by atoms with Gasteiger partial charge >= 0.3 is 0 Å². The first-order valence-electron chi connectivity index (χ1n) is 9.00. The first kappa shape index (κ1) is 18.4. The number of hydrogen-bond acceptors (Lipinski definition) is 4. The number of nitrogens with zero attached hydrogens (tertiary/aromatic N) is 1. The summed E-state index contributed by atoms with van der Waals surface area (Å²) >= 11 is 0. The Balaban J connectivity index is 1.78. The van der Waals surface area contributed by atoms with Gasteiger partial charge in [-0.1, -0.05) is 30.3 Å². The second-order valence-corrected chi connectivity index (χ2v) is 9.24. The van der Waals surface area contributed by atoms with Crippen LogP contribution in [0.5, 0.6) is 0 Å². The van der Waals surface area contributed by atoms with Crippen molar-refractivity contribution in [2.24, 2.45) is 5.92 Å². The summed E-state index contributed by atoms with van der Waals surface area (Å²) in [6, 6.07) is 9.78. The quantitative estimate of drug-likeness (QED) is 0.778. The van der Waals surface area contributed by atoms with Crippen LogP contribution < -0.4 is 10.6 Å². The lowest BCUT2D eigenvalue weighted by molar-refractivity contribution is -0.128. The van der Waals surface area contributed by atoms with E-state index in [0.717, 1.165) is 18.7 Å². The fourth-order valence-corrected chi connectivity index (χ4v) is 4.74. The van der Waals surface area contributed by atoms with Crippen LogP contribution in [0.4, 0.5) is 0 Å². The van der Waals surface area contributed by atoms with E-state index in [2.05, 4.69) is 10.6 Å². The van der Waals surface area contributed by atoms with Gasteiger partial charge in [0.15, 0.2) is 0 Å². The fraction of sp³-hybridized carbons (Fsp3) is 0.611. The van der Waals surface area contributed by atoms with Gasteiger partial charge < -0.3 is 10.6 Å². The third-order valence-electron chi connectivity index (χ3n) is 5.51. The number of sulfonamides is 1. The van der Waals surface area contributed by atoms with Crippen molar-refractivity contribution in [2.75, 3.05) is 38.5 Å². The Morgan fingerprint density at radius 2 is 1.88 bits per heavy atom. The Bertz CT molecular complexity index is 694. The van der Waals surface area contributed by atoms with Gasteiger partial charge in [-0.2, -0.15) is 0 Å². The predicted molar refractivity (Wildman–Crippen MR) is 97.8 cm³/mol. The number of rotatable bonds is 6. The Morgan fingerprint density at radius 3 is 2.40 bits per heavy atom. The van der Waals surface area contributed by atoms with Crippen molar-refractivity contribution < 1.29 is 13.2 Å². The molecular weight excluding hydrogens is 338 g/mol. The normalized spacial score (nSPS) is 21.5. The summed E-state index contributed by atoms with van der Waals surface area (Å²) in [6.45, 7) is 5.01. The average Bonchev–Trinajstić information content (AvgIpc) is 2.61. The Hall–Kier alpha value is -1.44. The van der Waals surface area contributed by atoms with Crippen LogP contribution in [0.1, 0.15) is 25.3 Å². The van der Waals surface area contributed by atoms with Gasteiger partial charge in [-0.05, 0) is 25.3 Å². The van der Waals surface area contributed by atoms with Gasteiger partial charge in [-0.3, -0.25) is 4.79 Å². The molecule has 2 heterocycles. The lowest BCUT2D eigenvalue weighted by atomic mass is 9.72. The maximum Gasteiger partial charge on any atom is 0.230 e. The topological polar surface area (TPSA) is 78.5 Å². The Morgan fingerprint density at radius 1 is 1.24 bits per heavy atom. The van der Waals surface area contributed by atoms with Crippen molar-refractivity contribution in [1.29, 1.82) is 0 Å². The Kier molecular flexibility index (Phi) is 5.46. The molecule has 0 aliphatic carbocycles. The van der Waals surface area contributed by atoms with E-state index in [0.29, 0.717) is 38.4 Å². The fourth-order valence-electron chi connectivity index (χ4n) is 3.63. The smallest absolute Gasteiger partial charge is 0.230 e. The van der Waals surface area contributed by atoms with E-state index in [-0.39, 0.29) is 11.7 Å². The minimum Gasteiger partial charge on any atom is -0.355 e. The molecule has 1 aromatic rings. The molecule has 1 amide bonds. The molecule has 0 spiro atoms. The van der Waals surface area contributed by atoms with E-state index < -0.39 is 15.4 Å². The second kappa shape index (κ2) is 7.43. The second-order valence-electron chi connectivity index (χ2n) is 6.98. The zero-order chi connectivity index (χ0) is 17.9. The standard InChI is InChI=1S/C18H27N3O3S/c1-2-25(23,24)21-10-8-18(9-11-21,16-6-4-3-5-7-16)17(22)20-14-15-12-19-13-15/h3-7,15,19H,2,8-14H2,1H3,(H,20,22). The summed E-state index contributed by atoms with van der Waals surface area (Å²) < 4.78 is 25.8. The van der Waals surface area contributed by atoms with Gasteiger partial charge in [-0.15, -0.1) is 0 Å². The zero-order valence-corrected chi connectivity index (χ0v) is 15.5. The number of carbonyl (C=O) groups is 1. The molecule has 6 nitrogen and oxygen atoms in total. The number of carbonyl (C=O) groups excluding carboxylic acids is 1. The van der Waals surface area contributed by atoms with Crippen LogP contribution in [-0.2, 0) is 20.2 Å². The average molecular weight is 365 g/mol. The lowest BCUT2D eigenvalue weighted by Crippen LogP contribution is -2.55. The molecule has 0 aromatic heterocycles. The summed E-state index contributed by atoms with van der Waals surface area (Å²) in [5.41, 5.74) is 0.339. The van der Waals surface area contributed by atoms with Crippen molar-refractivity contribution in [1.82, 2.24) is 14.9 Å². The van der Waals surface area contributed by atoms with E-state index in [9.17, 15) is 13.2 Å². The summed E-state index contributed by atoms with van der Waals surface area (Å²) in [7, 11) is -3.21. The number of nitrogens with one attached hydrogen (secondary N) is 2. The van der Waals surface area contributed by atoms with Crippen LogP contribution >= 0.6 is 0 Å². The molecule has 2 N–H and O–H groups in total. The number of piperidine rings is 1. The molecule has 1 aromatic carbocycles. The van der Waals surface area contributed by atoms with Crippen molar-refractivity contribution in [2.45, 2.75) is 25.2 Å². The minimum absolute atomic E-state index is 0.0270. The SMILES string of the molecule is CCS(=O)(=O)N1CCC(C(=O)NCC2CNC2)(c2ccccc2)CC1. The monoisotopic (exact) mass is 365 g/mol. The first-order chi connectivity index (χ1) is 12.0. The van der Waals surface area contributed by atoms with E-state index in [4.69, 9.17) is 0 Å². The molecule has 138 valence electrons. The van der Waals surface area contributed by atoms with E-state index in [1.165, 1.54) is 4.31 Å². The molecule has 3 rings (SSSR count). The molecule has 2 aliphatic rings. The summed E-state index contributed by atoms with van der Waals surface area (Å²) in [5.74, 6) is 0.628. The largest absolute Gasteiger partial charge is 0.355 e. The third-order valence-corrected chi connectivity index (χ3v) is 7.39. The molecule has 2 saturated heterocycles. The van der Waals surface area contributed by atoms with Crippen LogP contribution in [-0.4, -0.2) is 57.1 Å². The predicted octanol–water partition coefficient (Wildman–Crippen LogP) is 0.706. The molecule has 0 saturated carbocycles. The molecule has 0 unspecified atom stereocenters. The van der Waals surface area contributed by atoms with Crippen LogP contribution in [0.15, 0.2) is 30.3 Å². The van der Waals surface area contributed by atoms with E-state index in [1.807, 2.05) is 30.3 Å². The summed E-state index contributed by atoms with van der Waals surface area (Å²) in [4.78, 5) is 13.1. The summed E-state index contributed by atoms with van der Waals surface area (Å²) in [5, 5.41) is 6.32. The van der Waals surface area contributed by atoms with Gasteiger partial charge in [0, 0.05) is 38.6 Å². The minimum atomic E-state index is -3.21. The number of hydrogen-bond donors (Lipinski definition) is 2. The van der Waals surface area contributed by atoms with Crippen LogP contribution in [0.25, 0.3) is 0 Å².